The van der Waals surface area contributed by atoms with Crippen LogP contribution >= 0.6 is 11.6 Å². The van der Waals surface area contributed by atoms with Gasteiger partial charge in [0.25, 0.3) is 5.91 Å². The average Bonchev–Trinajstić information content (AvgIpc) is 2.81. The molecule has 0 fully saturated rings. The maximum atomic E-state index is 12.6. The fraction of sp³-hybridized carbons (Fsp3) is 0.111. The maximum Gasteiger partial charge on any atom is 0.307 e. The van der Waals surface area contributed by atoms with Crippen LogP contribution in [0.25, 0.3) is 10.9 Å². The van der Waals surface area contributed by atoms with E-state index in [0.29, 0.717) is 22.0 Å². The van der Waals surface area contributed by atoms with Gasteiger partial charge in [0.2, 0.25) is 0 Å². The van der Waals surface area contributed by atoms with Crippen molar-refractivity contribution < 1.29 is 14.7 Å². The second kappa shape index (κ2) is 6.37. The number of carboxylic acids is 1. The van der Waals surface area contributed by atoms with Gasteiger partial charge in [-0.25, -0.2) is 0 Å². The molecule has 6 heteroatoms. The summed E-state index contributed by atoms with van der Waals surface area (Å²) in [5.74, 6) is -1.21. The zero-order valence-electron chi connectivity index (χ0n) is 12.9. The van der Waals surface area contributed by atoms with Crippen molar-refractivity contribution in [3.63, 3.8) is 0 Å². The summed E-state index contributed by atoms with van der Waals surface area (Å²) in [7, 11) is 1.79. The molecule has 0 atom stereocenters. The largest absolute Gasteiger partial charge is 0.481 e. The van der Waals surface area contributed by atoms with Crippen molar-refractivity contribution in [1.82, 2.24) is 4.57 Å². The van der Waals surface area contributed by atoms with Gasteiger partial charge in [0, 0.05) is 23.6 Å². The fourth-order valence-electron chi connectivity index (χ4n) is 2.67. The summed E-state index contributed by atoms with van der Waals surface area (Å²) in [6.45, 7) is 0. The van der Waals surface area contributed by atoms with E-state index in [2.05, 4.69) is 5.32 Å². The van der Waals surface area contributed by atoms with Crippen molar-refractivity contribution in [1.29, 1.82) is 0 Å². The molecule has 1 heterocycles. The second-order valence-corrected chi connectivity index (χ2v) is 5.84. The molecule has 0 radical (unpaired) electrons. The van der Waals surface area contributed by atoms with E-state index in [1.54, 1.807) is 35.9 Å². The number of nitrogens with zero attached hydrogens (tertiary/aromatic N) is 1. The first-order valence-electron chi connectivity index (χ1n) is 7.32. The number of carbonyl (C=O) groups excluding carboxylic acids is 1. The molecule has 0 aliphatic rings. The Morgan fingerprint density at radius 1 is 1.12 bits per heavy atom. The second-order valence-electron chi connectivity index (χ2n) is 5.46. The van der Waals surface area contributed by atoms with E-state index in [1.165, 1.54) is 0 Å². The Kier molecular flexibility index (Phi) is 4.27. The van der Waals surface area contributed by atoms with Gasteiger partial charge >= 0.3 is 5.97 Å². The minimum Gasteiger partial charge on any atom is -0.481 e. The lowest BCUT2D eigenvalue weighted by atomic mass is 10.1. The highest BCUT2D eigenvalue weighted by atomic mass is 35.5. The summed E-state index contributed by atoms with van der Waals surface area (Å²) in [6.07, 6.45) is -0.0523. The van der Waals surface area contributed by atoms with Crippen LogP contribution in [0.4, 0.5) is 5.69 Å². The van der Waals surface area contributed by atoms with Crippen molar-refractivity contribution >= 4 is 40.1 Å². The van der Waals surface area contributed by atoms with E-state index in [1.807, 2.05) is 24.3 Å². The van der Waals surface area contributed by atoms with Crippen LogP contribution in [0.1, 0.15) is 16.1 Å². The number of aromatic nitrogens is 1. The standard InChI is InChI=1S/C18H15ClN2O3/c1-21-14-5-3-2-4-13(14)16(19)17(21)18(24)20-12-8-6-11(7-9-12)10-15(22)23/h2-9H,10H2,1H3,(H,20,24)(H,22,23). The van der Waals surface area contributed by atoms with Crippen molar-refractivity contribution in [2.45, 2.75) is 6.42 Å². The van der Waals surface area contributed by atoms with Crippen molar-refractivity contribution in [2.24, 2.45) is 7.05 Å². The van der Waals surface area contributed by atoms with Crippen LogP contribution in [0.5, 0.6) is 0 Å². The molecule has 24 heavy (non-hydrogen) atoms. The first-order chi connectivity index (χ1) is 11.5. The molecule has 0 saturated carbocycles. The van der Waals surface area contributed by atoms with Gasteiger partial charge in [0.15, 0.2) is 0 Å². The molecule has 0 saturated heterocycles. The molecular weight excluding hydrogens is 328 g/mol. The third-order valence-electron chi connectivity index (χ3n) is 3.83. The summed E-state index contributed by atoms with van der Waals surface area (Å²) in [5, 5.41) is 12.8. The smallest absolute Gasteiger partial charge is 0.307 e. The van der Waals surface area contributed by atoms with Crippen LogP contribution in [0.15, 0.2) is 48.5 Å². The van der Waals surface area contributed by atoms with E-state index in [9.17, 15) is 9.59 Å². The van der Waals surface area contributed by atoms with Crippen molar-refractivity contribution in [3.8, 4) is 0 Å². The molecule has 1 amide bonds. The van der Waals surface area contributed by atoms with E-state index in [4.69, 9.17) is 16.7 Å². The SMILES string of the molecule is Cn1c(C(=O)Nc2ccc(CC(=O)O)cc2)c(Cl)c2ccccc21. The lowest BCUT2D eigenvalue weighted by molar-refractivity contribution is -0.136. The molecular formula is C18H15ClN2O3. The lowest BCUT2D eigenvalue weighted by Gasteiger charge is -2.08. The monoisotopic (exact) mass is 342 g/mol. The normalized spacial score (nSPS) is 10.8. The molecule has 122 valence electrons. The number of aryl methyl sites for hydroxylation is 1. The van der Waals surface area contributed by atoms with Crippen molar-refractivity contribution in [2.75, 3.05) is 5.32 Å². The van der Waals surface area contributed by atoms with Gasteiger partial charge in [-0.2, -0.15) is 0 Å². The molecule has 2 N–H and O–H groups in total. The van der Waals surface area contributed by atoms with E-state index >= 15 is 0 Å². The number of rotatable bonds is 4. The highest BCUT2D eigenvalue weighted by molar-refractivity contribution is 6.39. The van der Waals surface area contributed by atoms with Gasteiger partial charge in [0.05, 0.1) is 11.4 Å². The van der Waals surface area contributed by atoms with Gasteiger partial charge < -0.3 is 15.0 Å². The first-order valence-corrected chi connectivity index (χ1v) is 7.70. The summed E-state index contributed by atoms with van der Waals surface area (Å²) in [4.78, 5) is 23.3. The third-order valence-corrected chi connectivity index (χ3v) is 4.21. The molecule has 0 aliphatic carbocycles. The number of amides is 1. The van der Waals surface area contributed by atoms with Crippen LogP contribution in [-0.2, 0) is 18.3 Å². The Bertz CT molecular complexity index is 890. The van der Waals surface area contributed by atoms with Crippen LogP contribution in [0.2, 0.25) is 5.02 Å². The van der Waals surface area contributed by atoms with Gasteiger partial charge in [-0.1, -0.05) is 41.9 Å². The average molecular weight is 343 g/mol. The zero-order chi connectivity index (χ0) is 17.3. The zero-order valence-corrected chi connectivity index (χ0v) is 13.7. The molecule has 5 nitrogen and oxygen atoms in total. The molecule has 1 aromatic heterocycles. The summed E-state index contributed by atoms with van der Waals surface area (Å²) >= 11 is 6.36. The number of carboxylic acid groups (broad SMARTS) is 1. The molecule has 0 unspecified atom stereocenters. The number of nitrogens with one attached hydrogen (secondary N) is 1. The lowest BCUT2D eigenvalue weighted by Crippen LogP contribution is -2.16. The highest BCUT2D eigenvalue weighted by Gasteiger charge is 2.19. The summed E-state index contributed by atoms with van der Waals surface area (Å²) in [6, 6.07) is 14.2. The molecule has 0 spiro atoms. The number of anilines is 1. The molecule has 2 aromatic carbocycles. The van der Waals surface area contributed by atoms with Crippen LogP contribution in [-0.4, -0.2) is 21.6 Å². The van der Waals surface area contributed by atoms with Crippen LogP contribution in [0, 0.1) is 0 Å². The Morgan fingerprint density at radius 3 is 2.42 bits per heavy atom. The van der Waals surface area contributed by atoms with E-state index in [-0.39, 0.29) is 12.3 Å². The molecule has 0 bridgehead atoms. The maximum absolute atomic E-state index is 12.6. The Balaban J connectivity index is 1.86. The van der Waals surface area contributed by atoms with Crippen molar-refractivity contribution in [3.05, 3.63) is 64.8 Å². The van der Waals surface area contributed by atoms with E-state index < -0.39 is 5.97 Å². The number of hydrogen-bond donors (Lipinski definition) is 2. The van der Waals surface area contributed by atoms with Gasteiger partial charge in [-0.15, -0.1) is 0 Å². The number of halogens is 1. The minimum absolute atomic E-state index is 0.0523. The minimum atomic E-state index is -0.894. The Labute approximate surface area is 143 Å². The Morgan fingerprint density at radius 2 is 1.79 bits per heavy atom. The predicted octanol–water partition coefficient (Wildman–Crippen LogP) is 3.71. The topological polar surface area (TPSA) is 71.3 Å². The van der Waals surface area contributed by atoms with Gasteiger partial charge in [-0.05, 0) is 23.8 Å². The van der Waals surface area contributed by atoms with Gasteiger partial charge in [0.1, 0.15) is 5.69 Å². The molecule has 0 aliphatic heterocycles. The number of para-hydroxylation sites is 1. The quantitative estimate of drug-likeness (QED) is 0.759. The highest BCUT2D eigenvalue weighted by Crippen LogP contribution is 2.30. The molecule has 3 aromatic rings. The number of fused-ring (bicyclic) bond motifs is 1. The van der Waals surface area contributed by atoms with Gasteiger partial charge in [-0.3, -0.25) is 9.59 Å². The predicted molar refractivity (Wildman–Crippen MR) is 93.7 cm³/mol. The summed E-state index contributed by atoms with van der Waals surface area (Å²) in [5.41, 5.74) is 2.51. The number of aliphatic carboxylic acids is 1. The number of carbonyl (C=O) groups is 2. The van der Waals surface area contributed by atoms with Crippen LogP contribution in [0.3, 0.4) is 0 Å². The Hall–Kier alpha value is -2.79. The first kappa shape index (κ1) is 16.1. The summed E-state index contributed by atoms with van der Waals surface area (Å²) < 4.78 is 1.76. The van der Waals surface area contributed by atoms with E-state index in [0.717, 1.165) is 10.9 Å². The number of hydrogen-bond acceptors (Lipinski definition) is 2. The van der Waals surface area contributed by atoms with Crippen LogP contribution < -0.4 is 5.32 Å². The molecule has 3 rings (SSSR count). The fourth-order valence-corrected chi connectivity index (χ4v) is 3.04. The number of benzene rings is 2. The third kappa shape index (κ3) is 2.98.